The van der Waals surface area contributed by atoms with Gasteiger partial charge in [-0.25, -0.2) is 9.97 Å². The molecule has 0 aliphatic heterocycles. The summed E-state index contributed by atoms with van der Waals surface area (Å²) in [6, 6.07) is 6.52. The van der Waals surface area contributed by atoms with Gasteiger partial charge < -0.3 is 0 Å². The number of halogens is 4. The van der Waals surface area contributed by atoms with Gasteiger partial charge in [0, 0.05) is 36.8 Å². The lowest BCUT2D eigenvalue weighted by Crippen LogP contribution is -2.21. The molecule has 0 unspecified atom stereocenters. The lowest BCUT2D eigenvalue weighted by atomic mass is 10.1. The van der Waals surface area contributed by atoms with Crippen molar-refractivity contribution in [1.82, 2.24) is 24.3 Å². The normalized spacial score (nSPS) is 11.9. The van der Waals surface area contributed by atoms with E-state index in [9.17, 15) is 18.0 Å². The molecule has 4 rings (SSSR count). The van der Waals surface area contributed by atoms with E-state index in [4.69, 9.17) is 11.6 Å². The number of alkyl halides is 3. The molecule has 3 heterocycles. The molecular weight excluding hydrogens is 419 g/mol. The van der Waals surface area contributed by atoms with Gasteiger partial charge in [-0.1, -0.05) is 12.1 Å². The number of rotatable bonds is 3. The molecule has 6 nitrogen and oxygen atoms in total. The summed E-state index contributed by atoms with van der Waals surface area (Å²) in [7, 11) is 1.52. The van der Waals surface area contributed by atoms with Gasteiger partial charge in [0.1, 0.15) is 5.69 Å². The zero-order chi connectivity index (χ0) is 21.6. The maximum Gasteiger partial charge on any atom is 0.433 e. The summed E-state index contributed by atoms with van der Waals surface area (Å²) in [5.41, 5.74) is 1.16. The molecule has 30 heavy (non-hydrogen) atoms. The molecule has 0 saturated carbocycles. The molecular formula is C20H15ClF3N5O. The van der Waals surface area contributed by atoms with Crippen molar-refractivity contribution in [3.63, 3.8) is 0 Å². The maximum absolute atomic E-state index is 13.5. The first-order valence-corrected chi connectivity index (χ1v) is 9.23. The fourth-order valence-corrected chi connectivity index (χ4v) is 3.47. The van der Waals surface area contributed by atoms with Gasteiger partial charge in [-0.05, 0) is 41.8 Å². The Bertz CT molecular complexity index is 1310. The highest BCUT2D eigenvalue weighted by Gasteiger charge is 2.35. The van der Waals surface area contributed by atoms with Crippen LogP contribution in [-0.2, 0) is 19.8 Å². The van der Waals surface area contributed by atoms with Crippen LogP contribution < -0.4 is 5.56 Å². The van der Waals surface area contributed by atoms with Crippen LogP contribution in [0.15, 0.2) is 47.7 Å². The lowest BCUT2D eigenvalue weighted by Gasteiger charge is -2.15. The van der Waals surface area contributed by atoms with E-state index in [-0.39, 0.29) is 23.0 Å². The number of nitrogens with zero attached hydrogens (tertiary/aromatic N) is 5. The van der Waals surface area contributed by atoms with Crippen LogP contribution in [0, 0.1) is 6.92 Å². The second-order valence-corrected chi connectivity index (χ2v) is 7.22. The van der Waals surface area contributed by atoms with E-state index in [2.05, 4.69) is 15.0 Å². The van der Waals surface area contributed by atoms with Crippen molar-refractivity contribution in [2.75, 3.05) is 0 Å². The van der Waals surface area contributed by atoms with E-state index in [0.29, 0.717) is 27.6 Å². The quantitative estimate of drug-likeness (QED) is 0.454. The molecule has 154 valence electrons. The third kappa shape index (κ3) is 3.56. The van der Waals surface area contributed by atoms with E-state index in [1.807, 2.05) is 0 Å². The molecule has 0 N–H and O–H groups in total. The molecule has 10 heteroatoms. The Kier molecular flexibility index (Phi) is 4.85. The number of hydrogen-bond donors (Lipinski definition) is 0. The van der Waals surface area contributed by atoms with Crippen molar-refractivity contribution < 1.29 is 13.2 Å². The summed E-state index contributed by atoms with van der Waals surface area (Å²) < 4.78 is 43.2. The molecule has 0 spiro atoms. The summed E-state index contributed by atoms with van der Waals surface area (Å²) in [6.07, 6.45) is -0.351. The second kappa shape index (κ2) is 7.24. The first-order valence-electron chi connectivity index (χ1n) is 8.85. The van der Waals surface area contributed by atoms with Crippen LogP contribution in [-0.4, -0.2) is 24.3 Å². The topological polar surface area (TPSA) is 65.6 Å². The van der Waals surface area contributed by atoms with Crippen molar-refractivity contribution >= 4 is 22.5 Å². The highest BCUT2D eigenvalue weighted by Crippen LogP contribution is 2.31. The fraction of sp³-hybridized carbons (Fsp3) is 0.200. The van der Waals surface area contributed by atoms with Gasteiger partial charge >= 0.3 is 6.18 Å². The largest absolute Gasteiger partial charge is 0.433 e. The Morgan fingerprint density at radius 3 is 2.40 bits per heavy atom. The zero-order valence-electron chi connectivity index (χ0n) is 15.9. The monoisotopic (exact) mass is 433 g/mol. The number of aryl methyl sites for hydroxylation is 1. The van der Waals surface area contributed by atoms with Crippen LogP contribution in [0.5, 0.6) is 0 Å². The number of benzene rings is 1. The summed E-state index contributed by atoms with van der Waals surface area (Å²) in [6.45, 7) is 1.50. The van der Waals surface area contributed by atoms with Gasteiger partial charge in [0.2, 0.25) is 5.28 Å². The minimum Gasteiger partial charge on any atom is -0.278 e. The van der Waals surface area contributed by atoms with Crippen LogP contribution in [0.25, 0.3) is 22.0 Å². The summed E-state index contributed by atoms with van der Waals surface area (Å²) in [5, 5.41) is 0.494. The Morgan fingerprint density at radius 1 is 1.03 bits per heavy atom. The lowest BCUT2D eigenvalue weighted by molar-refractivity contribution is -0.141. The molecule has 0 saturated heterocycles. The molecule has 4 aromatic rings. The maximum atomic E-state index is 13.5. The van der Waals surface area contributed by atoms with Crippen LogP contribution >= 0.6 is 11.6 Å². The van der Waals surface area contributed by atoms with Crippen molar-refractivity contribution in [3.05, 3.63) is 75.3 Å². The highest BCUT2D eigenvalue weighted by atomic mass is 35.5. The predicted octanol–water partition coefficient (Wildman–Crippen LogP) is 4.22. The van der Waals surface area contributed by atoms with Gasteiger partial charge in [0.15, 0.2) is 0 Å². The van der Waals surface area contributed by atoms with E-state index in [1.165, 1.54) is 41.1 Å². The SMILES string of the molecule is Cc1cnc(C(F)(F)F)c(Cn2c3cc(-c4cnc(Cl)nc4)ccc3c(=O)n2C)c1. The first kappa shape index (κ1) is 20.1. The van der Waals surface area contributed by atoms with E-state index >= 15 is 0 Å². The van der Waals surface area contributed by atoms with Gasteiger partial charge in [-0.15, -0.1) is 0 Å². The van der Waals surface area contributed by atoms with Gasteiger partial charge in [-0.3, -0.25) is 19.1 Å². The Morgan fingerprint density at radius 2 is 1.73 bits per heavy atom. The molecule has 0 aliphatic rings. The van der Waals surface area contributed by atoms with Gasteiger partial charge in [-0.2, -0.15) is 13.2 Å². The number of pyridine rings is 1. The Labute approximate surface area is 173 Å². The Hall–Kier alpha value is -3.20. The molecule has 0 radical (unpaired) electrons. The van der Waals surface area contributed by atoms with Gasteiger partial charge in [0.25, 0.3) is 5.56 Å². The molecule has 0 aliphatic carbocycles. The van der Waals surface area contributed by atoms with Crippen molar-refractivity contribution in [2.45, 2.75) is 19.6 Å². The van der Waals surface area contributed by atoms with E-state index < -0.39 is 11.9 Å². The zero-order valence-corrected chi connectivity index (χ0v) is 16.7. The minimum absolute atomic E-state index is 0.0183. The van der Waals surface area contributed by atoms with Crippen LogP contribution in [0.2, 0.25) is 5.28 Å². The van der Waals surface area contributed by atoms with Crippen LogP contribution in [0.1, 0.15) is 16.8 Å². The van der Waals surface area contributed by atoms with Gasteiger partial charge in [0.05, 0.1) is 17.4 Å². The predicted molar refractivity (Wildman–Crippen MR) is 106 cm³/mol. The third-order valence-electron chi connectivity index (χ3n) is 4.81. The van der Waals surface area contributed by atoms with Crippen molar-refractivity contribution in [3.8, 4) is 11.1 Å². The molecule has 0 atom stereocenters. The second-order valence-electron chi connectivity index (χ2n) is 6.88. The molecule has 3 aromatic heterocycles. The van der Waals surface area contributed by atoms with Crippen LogP contribution in [0.4, 0.5) is 13.2 Å². The average Bonchev–Trinajstić information content (AvgIpc) is 2.92. The molecule has 0 amide bonds. The molecule has 0 bridgehead atoms. The van der Waals surface area contributed by atoms with Crippen molar-refractivity contribution in [2.24, 2.45) is 7.05 Å². The number of aromatic nitrogens is 5. The molecule has 1 aromatic carbocycles. The first-order chi connectivity index (χ1) is 14.1. The standard InChI is InChI=1S/C20H15ClF3N5O/c1-11-5-13(17(25-7-11)20(22,23)24)10-29-16-6-12(14-8-26-19(21)27-9-14)3-4-15(16)18(30)28(29)2/h3-9H,10H2,1-2H3. The smallest absolute Gasteiger partial charge is 0.278 e. The van der Waals surface area contributed by atoms with Crippen LogP contribution in [0.3, 0.4) is 0 Å². The molecule has 0 fully saturated rings. The summed E-state index contributed by atoms with van der Waals surface area (Å²) in [4.78, 5) is 24.1. The number of hydrogen-bond acceptors (Lipinski definition) is 4. The fourth-order valence-electron chi connectivity index (χ4n) is 3.37. The average molecular weight is 434 g/mol. The minimum atomic E-state index is -4.60. The third-order valence-corrected chi connectivity index (χ3v) is 5.00. The van der Waals surface area contributed by atoms with E-state index in [0.717, 1.165) is 0 Å². The Balaban J connectivity index is 1.88. The number of fused-ring (bicyclic) bond motifs is 1. The van der Waals surface area contributed by atoms with Crippen molar-refractivity contribution in [1.29, 1.82) is 0 Å². The summed E-state index contributed by atoms with van der Waals surface area (Å²) in [5.74, 6) is 0. The highest BCUT2D eigenvalue weighted by molar-refractivity contribution is 6.28. The summed E-state index contributed by atoms with van der Waals surface area (Å²) >= 11 is 5.73. The van der Waals surface area contributed by atoms with E-state index in [1.54, 1.807) is 25.1 Å².